The molecule has 0 N–H and O–H groups in total. The van der Waals surface area contributed by atoms with Gasteiger partial charge in [0.25, 0.3) is 0 Å². The standard InChI is InChI=1S/C20H21BrO4/c1-2-3-7-14-24-20(23)18(15-8-5-4-6-9-15)25-19(22)16-10-12-17(21)13-11-16/h4-6,8-13,18H,2-3,7,14H2,1H3. The Labute approximate surface area is 156 Å². The van der Waals surface area contributed by atoms with Crippen LogP contribution >= 0.6 is 15.9 Å². The number of unbranched alkanes of at least 4 members (excludes halogenated alkanes) is 2. The quantitative estimate of drug-likeness (QED) is 0.454. The van der Waals surface area contributed by atoms with Crippen LogP contribution in [0.2, 0.25) is 0 Å². The van der Waals surface area contributed by atoms with Crippen molar-refractivity contribution < 1.29 is 19.1 Å². The van der Waals surface area contributed by atoms with Crippen molar-refractivity contribution in [1.82, 2.24) is 0 Å². The number of ether oxygens (including phenoxy) is 2. The minimum Gasteiger partial charge on any atom is -0.463 e. The van der Waals surface area contributed by atoms with Crippen LogP contribution in [0.15, 0.2) is 59.1 Å². The Bertz CT molecular complexity index is 683. The molecule has 2 aromatic carbocycles. The van der Waals surface area contributed by atoms with Crippen molar-refractivity contribution in [3.63, 3.8) is 0 Å². The van der Waals surface area contributed by atoms with Crippen molar-refractivity contribution in [2.24, 2.45) is 0 Å². The Morgan fingerprint density at radius 3 is 2.32 bits per heavy atom. The van der Waals surface area contributed by atoms with Crippen molar-refractivity contribution in [2.75, 3.05) is 6.61 Å². The molecule has 0 saturated heterocycles. The van der Waals surface area contributed by atoms with E-state index in [9.17, 15) is 9.59 Å². The summed E-state index contributed by atoms with van der Waals surface area (Å²) >= 11 is 3.32. The highest BCUT2D eigenvalue weighted by atomic mass is 79.9. The number of rotatable bonds is 8. The van der Waals surface area contributed by atoms with E-state index >= 15 is 0 Å². The smallest absolute Gasteiger partial charge is 0.352 e. The molecule has 5 heteroatoms. The lowest BCUT2D eigenvalue weighted by molar-refractivity contribution is -0.154. The molecule has 1 atom stereocenters. The van der Waals surface area contributed by atoms with E-state index in [-0.39, 0.29) is 0 Å². The third kappa shape index (κ3) is 6.02. The molecular formula is C20H21BrO4. The fraction of sp³-hybridized carbons (Fsp3) is 0.300. The third-order valence-corrected chi connectivity index (χ3v) is 4.14. The molecule has 0 saturated carbocycles. The van der Waals surface area contributed by atoms with Crippen molar-refractivity contribution >= 4 is 27.9 Å². The molecular weight excluding hydrogens is 384 g/mol. The fourth-order valence-electron chi connectivity index (χ4n) is 2.24. The van der Waals surface area contributed by atoms with Crippen molar-refractivity contribution in [2.45, 2.75) is 32.3 Å². The zero-order valence-electron chi connectivity index (χ0n) is 14.1. The highest BCUT2D eigenvalue weighted by Gasteiger charge is 2.27. The molecule has 132 valence electrons. The summed E-state index contributed by atoms with van der Waals surface area (Å²) in [7, 11) is 0. The summed E-state index contributed by atoms with van der Waals surface area (Å²) in [6.07, 6.45) is 1.75. The zero-order chi connectivity index (χ0) is 18.1. The number of halogens is 1. The van der Waals surface area contributed by atoms with Gasteiger partial charge >= 0.3 is 11.9 Å². The van der Waals surface area contributed by atoms with Crippen LogP contribution in [0.25, 0.3) is 0 Å². The fourth-order valence-corrected chi connectivity index (χ4v) is 2.51. The molecule has 2 aromatic rings. The predicted molar refractivity (Wildman–Crippen MR) is 99.2 cm³/mol. The van der Waals surface area contributed by atoms with Gasteiger partial charge in [-0.15, -0.1) is 0 Å². The molecule has 0 aliphatic rings. The van der Waals surface area contributed by atoms with Gasteiger partial charge < -0.3 is 9.47 Å². The number of carbonyl (C=O) groups excluding carboxylic acids is 2. The van der Waals surface area contributed by atoms with Gasteiger partial charge in [-0.3, -0.25) is 0 Å². The van der Waals surface area contributed by atoms with E-state index in [2.05, 4.69) is 22.9 Å². The normalized spacial score (nSPS) is 11.6. The minimum absolute atomic E-state index is 0.325. The maximum Gasteiger partial charge on any atom is 0.352 e. The van der Waals surface area contributed by atoms with E-state index in [0.717, 1.165) is 23.7 Å². The lowest BCUT2D eigenvalue weighted by atomic mass is 10.1. The van der Waals surface area contributed by atoms with E-state index in [1.54, 1.807) is 48.5 Å². The largest absolute Gasteiger partial charge is 0.463 e. The van der Waals surface area contributed by atoms with Crippen molar-refractivity contribution in [3.8, 4) is 0 Å². The zero-order valence-corrected chi connectivity index (χ0v) is 15.7. The van der Waals surface area contributed by atoms with E-state index in [4.69, 9.17) is 9.47 Å². The molecule has 0 fully saturated rings. The first-order valence-corrected chi connectivity index (χ1v) is 9.09. The molecule has 4 nitrogen and oxygen atoms in total. The lowest BCUT2D eigenvalue weighted by Gasteiger charge is -2.17. The topological polar surface area (TPSA) is 52.6 Å². The van der Waals surface area contributed by atoms with Gasteiger partial charge in [-0.05, 0) is 30.7 Å². The Kier molecular flexibility index (Phi) is 7.67. The number of hydrogen-bond donors (Lipinski definition) is 0. The van der Waals surface area contributed by atoms with Crippen LogP contribution in [0.1, 0.15) is 48.2 Å². The predicted octanol–water partition coefficient (Wildman–Crippen LogP) is 5.08. The number of esters is 2. The van der Waals surface area contributed by atoms with Crippen molar-refractivity contribution in [1.29, 1.82) is 0 Å². The number of hydrogen-bond acceptors (Lipinski definition) is 4. The van der Waals surface area contributed by atoms with Gasteiger partial charge in [-0.2, -0.15) is 0 Å². The molecule has 0 radical (unpaired) electrons. The van der Waals surface area contributed by atoms with Gasteiger partial charge in [0.05, 0.1) is 12.2 Å². The number of benzene rings is 2. The summed E-state index contributed by atoms with van der Waals surface area (Å²) in [4.78, 5) is 24.8. The Hall–Kier alpha value is -2.14. The monoisotopic (exact) mass is 404 g/mol. The Balaban J connectivity index is 2.10. The van der Waals surface area contributed by atoms with Gasteiger partial charge in [0, 0.05) is 10.0 Å². The molecule has 0 aromatic heterocycles. The minimum atomic E-state index is -1.07. The van der Waals surface area contributed by atoms with Crippen LogP contribution in [0.4, 0.5) is 0 Å². The van der Waals surface area contributed by atoms with E-state index in [1.807, 2.05) is 6.07 Å². The second kappa shape index (κ2) is 9.99. The van der Waals surface area contributed by atoms with Crippen LogP contribution in [-0.4, -0.2) is 18.5 Å². The maximum atomic E-state index is 12.4. The Morgan fingerprint density at radius 2 is 1.68 bits per heavy atom. The molecule has 2 rings (SSSR count). The first-order valence-electron chi connectivity index (χ1n) is 8.30. The van der Waals surface area contributed by atoms with E-state index in [0.29, 0.717) is 17.7 Å². The van der Waals surface area contributed by atoms with Gasteiger partial charge in [0.1, 0.15) is 0 Å². The molecule has 0 aliphatic carbocycles. The summed E-state index contributed by atoms with van der Waals surface area (Å²) in [5.41, 5.74) is 0.969. The lowest BCUT2D eigenvalue weighted by Crippen LogP contribution is -2.22. The maximum absolute atomic E-state index is 12.4. The first kappa shape index (κ1) is 19.2. The second-order valence-corrected chi connectivity index (χ2v) is 6.49. The molecule has 0 aliphatic heterocycles. The van der Waals surface area contributed by atoms with Crippen LogP contribution < -0.4 is 0 Å². The Morgan fingerprint density at radius 1 is 1.00 bits per heavy atom. The van der Waals surface area contributed by atoms with Gasteiger partial charge in [-0.1, -0.05) is 66.0 Å². The van der Waals surface area contributed by atoms with Crippen LogP contribution in [0.3, 0.4) is 0 Å². The highest BCUT2D eigenvalue weighted by molar-refractivity contribution is 9.10. The third-order valence-electron chi connectivity index (χ3n) is 3.61. The number of carbonyl (C=O) groups is 2. The summed E-state index contributed by atoms with van der Waals surface area (Å²) in [5, 5.41) is 0. The van der Waals surface area contributed by atoms with Gasteiger partial charge in [-0.25, -0.2) is 9.59 Å². The first-order chi connectivity index (χ1) is 12.1. The van der Waals surface area contributed by atoms with Gasteiger partial charge in [0.15, 0.2) is 0 Å². The van der Waals surface area contributed by atoms with Crippen LogP contribution in [0.5, 0.6) is 0 Å². The molecule has 0 bridgehead atoms. The van der Waals surface area contributed by atoms with Crippen molar-refractivity contribution in [3.05, 3.63) is 70.2 Å². The SMILES string of the molecule is CCCCCOC(=O)C(OC(=O)c1ccc(Br)cc1)c1ccccc1. The van der Waals surface area contributed by atoms with E-state index < -0.39 is 18.0 Å². The molecule has 0 spiro atoms. The second-order valence-electron chi connectivity index (χ2n) is 5.58. The molecule has 1 unspecified atom stereocenters. The average molecular weight is 405 g/mol. The summed E-state index contributed by atoms with van der Waals surface area (Å²) in [5.74, 6) is -1.11. The van der Waals surface area contributed by atoms with Crippen LogP contribution in [-0.2, 0) is 14.3 Å². The molecule has 0 amide bonds. The molecule has 0 heterocycles. The highest BCUT2D eigenvalue weighted by Crippen LogP contribution is 2.22. The summed E-state index contributed by atoms with van der Waals surface area (Å²) in [6, 6.07) is 15.7. The van der Waals surface area contributed by atoms with Gasteiger partial charge in [0.2, 0.25) is 6.10 Å². The summed E-state index contributed by atoms with van der Waals surface area (Å²) in [6.45, 7) is 2.40. The van der Waals surface area contributed by atoms with Crippen LogP contribution in [0, 0.1) is 0 Å². The molecule has 25 heavy (non-hydrogen) atoms. The van der Waals surface area contributed by atoms with E-state index in [1.165, 1.54) is 0 Å². The summed E-state index contributed by atoms with van der Waals surface area (Å²) < 4.78 is 11.6. The average Bonchev–Trinajstić information content (AvgIpc) is 2.64.